The normalized spacial score (nSPS) is 17.0. The van der Waals surface area contributed by atoms with Gasteiger partial charge in [0, 0.05) is 13.0 Å². The van der Waals surface area contributed by atoms with Crippen LogP contribution in [0.3, 0.4) is 0 Å². The summed E-state index contributed by atoms with van der Waals surface area (Å²) >= 11 is 0. The number of hydrogen-bond acceptors (Lipinski definition) is 1. The number of amides is 1. The molecule has 1 amide bonds. The van der Waals surface area contributed by atoms with Crippen molar-refractivity contribution in [1.29, 1.82) is 0 Å². The van der Waals surface area contributed by atoms with Gasteiger partial charge < -0.3 is 5.32 Å². The molecule has 0 spiro atoms. The van der Waals surface area contributed by atoms with Gasteiger partial charge in [-0.15, -0.1) is 0 Å². The molecular weight excluding hydrogens is 210 g/mol. The second kappa shape index (κ2) is 9.49. The van der Waals surface area contributed by atoms with Crippen LogP contribution < -0.4 is 5.32 Å². The minimum Gasteiger partial charge on any atom is -0.356 e. The second-order valence-corrected chi connectivity index (χ2v) is 5.47. The fourth-order valence-electron chi connectivity index (χ4n) is 2.63. The Balaban J connectivity index is 1.93. The van der Waals surface area contributed by atoms with Crippen LogP contribution in [0.5, 0.6) is 0 Å². The molecule has 100 valence electrons. The Morgan fingerprint density at radius 2 is 1.76 bits per heavy atom. The maximum atomic E-state index is 11.6. The van der Waals surface area contributed by atoms with Crippen molar-refractivity contribution in [2.75, 3.05) is 6.54 Å². The molecule has 1 aliphatic carbocycles. The third-order valence-electron chi connectivity index (χ3n) is 3.82. The highest BCUT2D eigenvalue weighted by molar-refractivity contribution is 5.75. The molecule has 0 bridgehead atoms. The van der Waals surface area contributed by atoms with Gasteiger partial charge in [0.05, 0.1) is 0 Å². The van der Waals surface area contributed by atoms with Crippen molar-refractivity contribution in [2.24, 2.45) is 5.92 Å². The monoisotopic (exact) mass is 239 g/mol. The second-order valence-electron chi connectivity index (χ2n) is 5.47. The van der Waals surface area contributed by atoms with Crippen molar-refractivity contribution in [1.82, 2.24) is 5.32 Å². The van der Waals surface area contributed by atoms with Gasteiger partial charge in [-0.25, -0.2) is 0 Å². The van der Waals surface area contributed by atoms with Crippen LogP contribution in [0.1, 0.15) is 77.6 Å². The molecule has 17 heavy (non-hydrogen) atoms. The van der Waals surface area contributed by atoms with E-state index in [1.165, 1.54) is 57.8 Å². The number of rotatable bonds is 8. The average Bonchev–Trinajstić information content (AvgIpc) is 2.37. The summed E-state index contributed by atoms with van der Waals surface area (Å²) in [6, 6.07) is 0. The highest BCUT2D eigenvalue weighted by Gasteiger charge is 2.13. The van der Waals surface area contributed by atoms with Crippen LogP contribution in [-0.2, 0) is 4.79 Å². The van der Waals surface area contributed by atoms with E-state index < -0.39 is 0 Å². The van der Waals surface area contributed by atoms with Gasteiger partial charge in [-0.05, 0) is 25.2 Å². The lowest BCUT2D eigenvalue weighted by Crippen LogP contribution is -2.29. The van der Waals surface area contributed by atoms with Gasteiger partial charge in [0.25, 0.3) is 0 Å². The van der Waals surface area contributed by atoms with Crippen LogP contribution in [0.15, 0.2) is 0 Å². The van der Waals surface area contributed by atoms with Gasteiger partial charge in [0.1, 0.15) is 0 Å². The fourth-order valence-corrected chi connectivity index (χ4v) is 2.63. The molecule has 0 aromatic carbocycles. The van der Waals surface area contributed by atoms with E-state index in [2.05, 4.69) is 12.2 Å². The van der Waals surface area contributed by atoms with E-state index in [1.54, 1.807) is 0 Å². The van der Waals surface area contributed by atoms with Gasteiger partial charge in [-0.3, -0.25) is 4.79 Å². The van der Waals surface area contributed by atoms with Crippen LogP contribution in [0.25, 0.3) is 0 Å². The Hall–Kier alpha value is -0.530. The topological polar surface area (TPSA) is 29.1 Å². The Morgan fingerprint density at radius 1 is 1.06 bits per heavy atom. The zero-order valence-corrected chi connectivity index (χ0v) is 11.5. The van der Waals surface area contributed by atoms with Crippen LogP contribution >= 0.6 is 0 Å². The molecule has 0 unspecified atom stereocenters. The fraction of sp³-hybridized carbons (Fsp3) is 0.933. The van der Waals surface area contributed by atoms with Gasteiger partial charge in [-0.1, -0.05) is 51.9 Å². The molecule has 1 saturated carbocycles. The van der Waals surface area contributed by atoms with E-state index in [9.17, 15) is 4.79 Å². The smallest absolute Gasteiger partial charge is 0.220 e. The van der Waals surface area contributed by atoms with Gasteiger partial charge in [0.2, 0.25) is 5.91 Å². The van der Waals surface area contributed by atoms with Gasteiger partial charge in [-0.2, -0.15) is 0 Å². The summed E-state index contributed by atoms with van der Waals surface area (Å²) in [6.45, 7) is 3.14. The predicted octanol–water partition coefficient (Wildman–Crippen LogP) is 4.04. The summed E-state index contributed by atoms with van der Waals surface area (Å²) < 4.78 is 0. The summed E-state index contributed by atoms with van der Waals surface area (Å²) in [4.78, 5) is 11.6. The van der Waals surface area contributed by atoms with E-state index in [0.717, 1.165) is 25.3 Å². The molecule has 2 heteroatoms. The molecule has 0 aromatic rings. The Kier molecular flexibility index (Phi) is 8.12. The molecule has 0 radical (unpaired) electrons. The van der Waals surface area contributed by atoms with Crippen molar-refractivity contribution in [3.8, 4) is 0 Å². The zero-order valence-electron chi connectivity index (χ0n) is 11.5. The first kappa shape index (κ1) is 14.5. The summed E-state index contributed by atoms with van der Waals surface area (Å²) in [7, 11) is 0. The lowest BCUT2D eigenvalue weighted by atomic mass is 9.89. The largest absolute Gasteiger partial charge is 0.356 e. The highest BCUT2D eigenvalue weighted by atomic mass is 16.1. The minimum absolute atomic E-state index is 0.270. The maximum absolute atomic E-state index is 11.6. The van der Waals surface area contributed by atoms with Gasteiger partial charge >= 0.3 is 0 Å². The van der Waals surface area contributed by atoms with Crippen molar-refractivity contribution >= 4 is 5.91 Å². The van der Waals surface area contributed by atoms with Crippen molar-refractivity contribution in [3.63, 3.8) is 0 Å². The molecule has 0 aliphatic heterocycles. The lowest BCUT2D eigenvalue weighted by molar-refractivity contribution is -0.121. The summed E-state index contributed by atoms with van der Waals surface area (Å²) in [5, 5.41) is 3.10. The zero-order chi connectivity index (χ0) is 12.3. The third-order valence-corrected chi connectivity index (χ3v) is 3.82. The Bertz CT molecular complexity index is 197. The molecule has 0 atom stereocenters. The molecule has 1 fully saturated rings. The van der Waals surface area contributed by atoms with Crippen LogP contribution in [0.2, 0.25) is 0 Å². The first-order chi connectivity index (χ1) is 8.33. The molecule has 1 rings (SSSR count). The van der Waals surface area contributed by atoms with E-state index in [-0.39, 0.29) is 5.91 Å². The van der Waals surface area contributed by atoms with Crippen LogP contribution in [0, 0.1) is 5.92 Å². The molecule has 0 saturated heterocycles. The average molecular weight is 239 g/mol. The lowest BCUT2D eigenvalue weighted by Gasteiger charge is -2.21. The number of carbonyl (C=O) groups is 1. The maximum Gasteiger partial charge on any atom is 0.220 e. The van der Waals surface area contributed by atoms with E-state index in [0.29, 0.717) is 0 Å². The first-order valence-electron chi connectivity index (χ1n) is 7.59. The summed E-state index contributed by atoms with van der Waals surface area (Å²) in [5.41, 5.74) is 0. The number of hydrogen-bond donors (Lipinski definition) is 1. The first-order valence-corrected chi connectivity index (χ1v) is 7.59. The number of unbranched alkanes of at least 4 members (excludes halogenated alkanes) is 4. The minimum atomic E-state index is 0.270. The van der Waals surface area contributed by atoms with Crippen molar-refractivity contribution in [3.05, 3.63) is 0 Å². The predicted molar refractivity (Wildman–Crippen MR) is 73.0 cm³/mol. The van der Waals surface area contributed by atoms with Gasteiger partial charge in [0.15, 0.2) is 0 Å². The van der Waals surface area contributed by atoms with Crippen LogP contribution in [0.4, 0.5) is 0 Å². The van der Waals surface area contributed by atoms with Crippen molar-refractivity contribution in [2.45, 2.75) is 77.6 Å². The molecule has 2 nitrogen and oxygen atoms in total. The Labute approximate surface area is 107 Å². The Morgan fingerprint density at radius 3 is 2.47 bits per heavy atom. The quantitative estimate of drug-likeness (QED) is 0.636. The molecule has 0 heterocycles. The summed E-state index contributed by atoms with van der Waals surface area (Å²) in [5.74, 6) is 1.03. The van der Waals surface area contributed by atoms with E-state index in [4.69, 9.17) is 0 Å². The SMILES string of the molecule is CCCCCCCC(=O)NCC1CCCCC1. The highest BCUT2D eigenvalue weighted by Crippen LogP contribution is 2.22. The molecular formula is C15H29NO. The van der Waals surface area contributed by atoms with Crippen LogP contribution in [-0.4, -0.2) is 12.5 Å². The van der Waals surface area contributed by atoms with Crippen molar-refractivity contribution < 1.29 is 4.79 Å². The molecule has 0 aromatic heterocycles. The number of nitrogens with one attached hydrogen (secondary N) is 1. The number of carbonyl (C=O) groups excluding carboxylic acids is 1. The third kappa shape index (κ3) is 7.40. The molecule has 1 aliphatic rings. The standard InChI is InChI=1S/C15H29NO/c1-2-3-4-5-9-12-15(17)16-13-14-10-7-6-8-11-14/h14H,2-13H2,1H3,(H,16,17). The van der Waals surface area contributed by atoms with E-state index >= 15 is 0 Å². The van der Waals surface area contributed by atoms with E-state index in [1.807, 2.05) is 0 Å². The molecule has 1 N–H and O–H groups in total. The summed E-state index contributed by atoms with van der Waals surface area (Å²) in [6.07, 6.45) is 13.6.